The van der Waals surface area contributed by atoms with Crippen LogP contribution in [0.5, 0.6) is 5.75 Å². The molecule has 0 radical (unpaired) electrons. The minimum absolute atomic E-state index is 0.00247. The van der Waals surface area contributed by atoms with Gasteiger partial charge in [-0.3, -0.25) is 4.79 Å². The SMILES string of the molecule is CCOC(=O)C(=O)Cc1c(F)cc(OC)cc1F. The molecule has 0 heterocycles. The molecule has 98 valence electrons. The maximum absolute atomic E-state index is 13.5. The van der Waals surface area contributed by atoms with Gasteiger partial charge in [-0.25, -0.2) is 13.6 Å². The largest absolute Gasteiger partial charge is 0.497 e. The fourth-order valence-corrected chi connectivity index (χ4v) is 1.31. The van der Waals surface area contributed by atoms with E-state index in [2.05, 4.69) is 9.47 Å². The maximum atomic E-state index is 13.5. The Kier molecular flexibility index (Phi) is 4.76. The van der Waals surface area contributed by atoms with Gasteiger partial charge < -0.3 is 9.47 Å². The minimum atomic E-state index is -1.10. The number of carbonyl (C=O) groups is 2. The molecule has 0 bridgehead atoms. The molecule has 0 unspecified atom stereocenters. The molecule has 18 heavy (non-hydrogen) atoms. The molecular weight excluding hydrogens is 246 g/mol. The van der Waals surface area contributed by atoms with Crippen molar-refractivity contribution in [3.8, 4) is 5.75 Å². The van der Waals surface area contributed by atoms with Crippen molar-refractivity contribution >= 4 is 11.8 Å². The summed E-state index contributed by atoms with van der Waals surface area (Å²) in [4.78, 5) is 22.4. The van der Waals surface area contributed by atoms with Crippen LogP contribution in [0.15, 0.2) is 12.1 Å². The van der Waals surface area contributed by atoms with E-state index >= 15 is 0 Å². The monoisotopic (exact) mass is 258 g/mol. The highest BCUT2D eigenvalue weighted by Crippen LogP contribution is 2.21. The predicted molar refractivity (Wildman–Crippen MR) is 58.3 cm³/mol. The van der Waals surface area contributed by atoms with E-state index in [9.17, 15) is 18.4 Å². The van der Waals surface area contributed by atoms with E-state index in [4.69, 9.17) is 0 Å². The van der Waals surface area contributed by atoms with Gasteiger partial charge in [0.15, 0.2) is 0 Å². The third-order valence-corrected chi connectivity index (χ3v) is 2.19. The van der Waals surface area contributed by atoms with Crippen LogP contribution in [0, 0.1) is 11.6 Å². The number of benzene rings is 1. The van der Waals surface area contributed by atoms with E-state index < -0.39 is 35.4 Å². The molecule has 0 fully saturated rings. The third kappa shape index (κ3) is 3.26. The standard InChI is InChI=1S/C12H12F2O4/c1-3-18-12(16)11(15)6-8-9(13)4-7(17-2)5-10(8)14/h4-5H,3,6H2,1-2H3. The first-order valence-corrected chi connectivity index (χ1v) is 5.21. The van der Waals surface area contributed by atoms with Gasteiger partial charge >= 0.3 is 5.97 Å². The smallest absolute Gasteiger partial charge is 0.374 e. The van der Waals surface area contributed by atoms with E-state index in [1.54, 1.807) is 0 Å². The first-order chi connectivity index (χ1) is 8.49. The predicted octanol–water partition coefficient (Wildman–Crippen LogP) is 1.65. The molecule has 1 aromatic rings. The summed E-state index contributed by atoms with van der Waals surface area (Å²) in [6.45, 7) is 1.55. The Morgan fingerprint density at radius 1 is 1.22 bits per heavy atom. The van der Waals surface area contributed by atoms with Crippen molar-refractivity contribution in [3.63, 3.8) is 0 Å². The molecule has 0 saturated carbocycles. The summed E-state index contributed by atoms with van der Waals surface area (Å²) >= 11 is 0. The van der Waals surface area contributed by atoms with Crippen LogP contribution < -0.4 is 4.74 Å². The molecule has 0 spiro atoms. The number of halogens is 2. The summed E-state index contributed by atoms with van der Waals surface area (Å²) < 4.78 is 36.1. The van der Waals surface area contributed by atoms with Crippen molar-refractivity contribution in [2.75, 3.05) is 13.7 Å². The molecule has 1 aromatic carbocycles. The molecule has 0 amide bonds. The van der Waals surface area contributed by atoms with Crippen LogP contribution in [0.25, 0.3) is 0 Å². The van der Waals surface area contributed by atoms with Crippen molar-refractivity contribution in [2.24, 2.45) is 0 Å². The second kappa shape index (κ2) is 6.09. The number of hydrogen-bond donors (Lipinski definition) is 0. The number of ether oxygens (including phenoxy) is 2. The number of ketones is 1. The molecule has 0 saturated heterocycles. The number of esters is 1. The summed E-state index contributed by atoms with van der Waals surface area (Å²) in [7, 11) is 1.26. The van der Waals surface area contributed by atoms with Crippen LogP contribution in [-0.4, -0.2) is 25.5 Å². The van der Waals surface area contributed by atoms with Gasteiger partial charge in [0.2, 0.25) is 5.78 Å². The summed E-state index contributed by atoms with van der Waals surface area (Å²) in [5, 5.41) is 0. The Morgan fingerprint density at radius 2 is 1.78 bits per heavy atom. The lowest BCUT2D eigenvalue weighted by Crippen LogP contribution is -2.20. The van der Waals surface area contributed by atoms with E-state index in [1.165, 1.54) is 14.0 Å². The van der Waals surface area contributed by atoms with Gasteiger partial charge in [0, 0.05) is 24.1 Å². The first-order valence-electron chi connectivity index (χ1n) is 5.21. The van der Waals surface area contributed by atoms with Crippen molar-refractivity contribution in [1.29, 1.82) is 0 Å². The van der Waals surface area contributed by atoms with Crippen molar-refractivity contribution in [1.82, 2.24) is 0 Å². The molecule has 0 aliphatic carbocycles. The Bertz CT molecular complexity index is 448. The van der Waals surface area contributed by atoms with E-state index in [0.717, 1.165) is 12.1 Å². The molecule has 0 aromatic heterocycles. The second-order valence-electron chi connectivity index (χ2n) is 3.39. The van der Waals surface area contributed by atoms with Crippen molar-refractivity contribution in [3.05, 3.63) is 29.3 Å². The fourth-order valence-electron chi connectivity index (χ4n) is 1.31. The quantitative estimate of drug-likeness (QED) is 0.595. The van der Waals surface area contributed by atoms with E-state index in [1.807, 2.05) is 0 Å². The lowest BCUT2D eigenvalue weighted by Gasteiger charge is -2.06. The average molecular weight is 258 g/mol. The Morgan fingerprint density at radius 3 is 2.22 bits per heavy atom. The van der Waals surface area contributed by atoms with Gasteiger partial charge in [-0.2, -0.15) is 0 Å². The first kappa shape index (κ1) is 14.1. The summed E-state index contributed by atoms with van der Waals surface area (Å²) in [5.74, 6) is -3.99. The minimum Gasteiger partial charge on any atom is -0.497 e. The molecule has 4 nitrogen and oxygen atoms in total. The number of rotatable bonds is 5. The summed E-state index contributed by atoms with van der Waals surface area (Å²) in [6.07, 6.45) is -0.680. The summed E-state index contributed by atoms with van der Waals surface area (Å²) in [5.41, 5.74) is -0.478. The number of methoxy groups -OCH3 is 1. The molecule has 0 N–H and O–H groups in total. The zero-order valence-electron chi connectivity index (χ0n) is 9.96. The van der Waals surface area contributed by atoms with Gasteiger partial charge in [0.1, 0.15) is 17.4 Å². The topological polar surface area (TPSA) is 52.6 Å². The number of hydrogen-bond acceptors (Lipinski definition) is 4. The molecule has 0 aliphatic heterocycles. The van der Waals surface area contributed by atoms with Crippen molar-refractivity contribution < 1.29 is 27.8 Å². The van der Waals surface area contributed by atoms with Gasteiger partial charge in [0.25, 0.3) is 0 Å². The van der Waals surface area contributed by atoms with Crippen LogP contribution in [-0.2, 0) is 20.7 Å². The maximum Gasteiger partial charge on any atom is 0.374 e. The Hall–Kier alpha value is -1.98. The highest BCUT2D eigenvalue weighted by molar-refractivity contribution is 6.34. The zero-order chi connectivity index (χ0) is 13.7. The van der Waals surface area contributed by atoms with Gasteiger partial charge in [-0.05, 0) is 6.92 Å². The van der Waals surface area contributed by atoms with Gasteiger partial charge in [0.05, 0.1) is 13.7 Å². The van der Waals surface area contributed by atoms with Crippen LogP contribution in [0.2, 0.25) is 0 Å². The van der Waals surface area contributed by atoms with Crippen LogP contribution in [0.4, 0.5) is 8.78 Å². The van der Waals surface area contributed by atoms with Crippen LogP contribution in [0.1, 0.15) is 12.5 Å². The number of Topliss-reactive ketones (excluding diaryl/α,β-unsaturated/α-hetero) is 1. The lowest BCUT2D eigenvalue weighted by molar-refractivity contribution is -0.153. The molecule has 0 atom stereocenters. The molecule has 6 heteroatoms. The number of carbonyl (C=O) groups excluding carboxylic acids is 2. The fraction of sp³-hybridized carbons (Fsp3) is 0.333. The zero-order valence-corrected chi connectivity index (χ0v) is 9.96. The Labute approximate surface area is 103 Å². The highest BCUT2D eigenvalue weighted by atomic mass is 19.1. The van der Waals surface area contributed by atoms with Crippen LogP contribution >= 0.6 is 0 Å². The molecule has 1 rings (SSSR count). The third-order valence-electron chi connectivity index (χ3n) is 2.19. The van der Waals surface area contributed by atoms with Crippen molar-refractivity contribution in [2.45, 2.75) is 13.3 Å². The second-order valence-corrected chi connectivity index (χ2v) is 3.39. The molecular formula is C12H12F2O4. The van der Waals surface area contributed by atoms with Gasteiger partial charge in [-0.15, -0.1) is 0 Å². The lowest BCUT2D eigenvalue weighted by atomic mass is 10.1. The summed E-state index contributed by atoms with van der Waals surface area (Å²) in [6, 6.07) is 1.88. The van der Waals surface area contributed by atoms with Gasteiger partial charge in [-0.1, -0.05) is 0 Å². The molecule has 0 aliphatic rings. The van der Waals surface area contributed by atoms with Crippen LogP contribution in [0.3, 0.4) is 0 Å². The van der Waals surface area contributed by atoms with E-state index in [0.29, 0.717) is 0 Å². The normalized spacial score (nSPS) is 10.0. The average Bonchev–Trinajstić information content (AvgIpc) is 2.33. The van der Waals surface area contributed by atoms with E-state index in [-0.39, 0.29) is 12.4 Å². The highest BCUT2D eigenvalue weighted by Gasteiger charge is 2.21. The Balaban J connectivity index is 2.91.